The number of hydrogen-bond acceptors (Lipinski definition) is 5. The molecule has 5 nitrogen and oxygen atoms in total. The van der Waals surface area contributed by atoms with E-state index in [4.69, 9.17) is 21.9 Å². The SMILES string of the molecule is NNC1=CC(Cl)=NNC1=Cc1ccco1. The fourth-order valence-corrected chi connectivity index (χ4v) is 1.30. The van der Waals surface area contributed by atoms with Crippen LogP contribution in [0.2, 0.25) is 0 Å². The summed E-state index contributed by atoms with van der Waals surface area (Å²) in [4.78, 5) is 0. The van der Waals surface area contributed by atoms with E-state index >= 15 is 0 Å². The van der Waals surface area contributed by atoms with Gasteiger partial charge in [0.2, 0.25) is 0 Å². The van der Waals surface area contributed by atoms with Crippen LogP contribution in [0.5, 0.6) is 0 Å². The van der Waals surface area contributed by atoms with Crippen LogP contribution in [0, 0.1) is 0 Å². The molecule has 2 rings (SSSR count). The van der Waals surface area contributed by atoms with Gasteiger partial charge in [-0.1, -0.05) is 11.6 Å². The molecule has 1 aliphatic rings. The summed E-state index contributed by atoms with van der Waals surface area (Å²) in [5.41, 5.74) is 6.61. The van der Waals surface area contributed by atoms with Crippen LogP contribution in [0.3, 0.4) is 0 Å². The van der Waals surface area contributed by atoms with Crippen LogP contribution in [0.4, 0.5) is 0 Å². The first-order valence-electron chi connectivity index (χ1n) is 4.22. The predicted molar refractivity (Wildman–Crippen MR) is 58.5 cm³/mol. The summed E-state index contributed by atoms with van der Waals surface area (Å²) in [6.07, 6.45) is 4.97. The second-order valence-corrected chi connectivity index (χ2v) is 3.21. The molecule has 0 spiro atoms. The molecule has 0 aromatic carbocycles. The van der Waals surface area contributed by atoms with Crippen molar-refractivity contribution in [3.63, 3.8) is 0 Å². The van der Waals surface area contributed by atoms with Crippen LogP contribution in [0.1, 0.15) is 5.76 Å². The lowest BCUT2D eigenvalue weighted by atomic mass is 10.2. The molecule has 0 saturated carbocycles. The average molecular weight is 225 g/mol. The number of rotatable bonds is 2. The zero-order chi connectivity index (χ0) is 10.7. The van der Waals surface area contributed by atoms with E-state index in [0.717, 1.165) is 0 Å². The van der Waals surface area contributed by atoms with Gasteiger partial charge in [0.25, 0.3) is 0 Å². The number of hydrazine groups is 1. The molecule has 1 aromatic rings. The molecule has 0 saturated heterocycles. The fraction of sp³-hybridized carbons (Fsp3) is 0. The van der Waals surface area contributed by atoms with Gasteiger partial charge in [-0.25, -0.2) is 0 Å². The number of halogens is 1. The Morgan fingerprint density at radius 2 is 2.47 bits per heavy atom. The van der Waals surface area contributed by atoms with Crippen LogP contribution >= 0.6 is 11.6 Å². The van der Waals surface area contributed by atoms with Gasteiger partial charge in [-0.2, -0.15) is 5.10 Å². The van der Waals surface area contributed by atoms with Crippen LogP contribution in [-0.4, -0.2) is 5.17 Å². The minimum Gasteiger partial charge on any atom is -0.465 e. The van der Waals surface area contributed by atoms with Crippen molar-refractivity contribution in [2.75, 3.05) is 0 Å². The maximum atomic E-state index is 5.70. The maximum Gasteiger partial charge on any atom is 0.151 e. The van der Waals surface area contributed by atoms with Crippen LogP contribution < -0.4 is 16.7 Å². The third-order valence-electron chi connectivity index (χ3n) is 1.82. The Hall–Kier alpha value is -1.72. The molecule has 0 bridgehead atoms. The number of nitrogens with one attached hydrogen (secondary N) is 2. The van der Waals surface area contributed by atoms with Crippen molar-refractivity contribution >= 4 is 22.8 Å². The highest BCUT2D eigenvalue weighted by Gasteiger charge is 2.10. The first kappa shape index (κ1) is 9.82. The first-order chi connectivity index (χ1) is 7.29. The molecule has 0 amide bonds. The number of hydrazone groups is 1. The number of allylic oxidation sites excluding steroid dienone is 1. The van der Waals surface area contributed by atoms with Crippen molar-refractivity contribution in [1.29, 1.82) is 0 Å². The zero-order valence-electron chi connectivity index (χ0n) is 7.70. The highest BCUT2D eigenvalue weighted by atomic mass is 35.5. The van der Waals surface area contributed by atoms with E-state index in [1.807, 2.05) is 6.07 Å². The van der Waals surface area contributed by atoms with Crippen molar-refractivity contribution in [2.24, 2.45) is 10.9 Å². The summed E-state index contributed by atoms with van der Waals surface area (Å²) in [6.45, 7) is 0. The minimum atomic E-state index is 0.333. The minimum absolute atomic E-state index is 0.333. The van der Waals surface area contributed by atoms with Crippen molar-refractivity contribution in [3.05, 3.63) is 41.6 Å². The van der Waals surface area contributed by atoms with E-state index < -0.39 is 0 Å². The molecule has 2 heterocycles. The van der Waals surface area contributed by atoms with Gasteiger partial charge in [-0.05, 0) is 12.1 Å². The summed E-state index contributed by atoms with van der Waals surface area (Å²) in [7, 11) is 0. The predicted octanol–water partition coefficient (Wildman–Crippen LogP) is 1.12. The zero-order valence-corrected chi connectivity index (χ0v) is 8.45. The van der Waals surface area contributed by atoms with Crippen molar-refractivity contribution in [2.45, 2.75) is 0 Å². The largest absolute Gasteiger partial charge is 0.465 e. The number of nitrogens with two attached hydrogens (primary N) is 1. The second kappa shape index (κ2) is 4.20. The molecular formula is C9H9ClN4O. The van der Waals surface area contributed by atoms with Gasteiger partial charge >= 0.3 is 0 Å². The highest BCUT2D eigenvalue weighted by molar-refractivity contribution is 6.68. The van der Waals surface area contributed by atoms with Gasteiger partial charge in [0.05, 0.1) is 17.7 Å². The van der Waals surface area contributed by atoms with Gasteiger partial charge in [-0.15, -0.1) is 0 Å². The lowest BCUT2D eigenvalue weighted by Crippen LogP contribution is -2.29. The lowest BCUT2D eigenvalue weighted by Gasteiger charge is -2.14. The van der Waals surface area contributed by atoms with Crippen molar-refractivity contribution in [1.82, 2.24) is 10.9 Å². The van der Waals surface area contributed by atoms with Gasteiger partial charge < -0.3 is 9.84 Å². The van der Waals surface area contributed by atoms with Gasteiger partial charge in [-0.3, -0.25) is 11.3 Å². The number of nitrogens with zero attached hydrogens (tertiary/aromatic N) is 1. The molecule has 0 fully saturated rings. The van der Waals surface area contributed by atoms with E-state index in [9.17, 15) is 0 Å². The molecule has 1 aliphatic heterocycles. The van der Waals surface area contributed by atoms with E-state index in [1.165, 1.54) is 0 Å². The molecule has 0 unspecified atom stereocenters. The molecule has 78 valence electrons. The third-order valence-corrected chi connectivity index (χ3v) is 2.02. The first-order valence-corrected chi connectivity index (χ1v) is 4.60. The molecule has 4 N–H and O–H groups in total. The Balaban J connectivity index is 2.28. The van der Waals surface area contributed by atoms with Crippen molar-refractivity contribution < 1.29 is 4.42 Å². The number of hydrogen-bond donors (Lipinski definition) is 3. The lowest BCUT2D eigenvalue weighted by molar-refractivity contribution is 0.556. The van der Waals surface area contributed by atoms with Crippen molar-refractivity contribution in [3.8, 4) is 0 Å². The molecular weight excluding hydrogens is 216 g/mol. The van der Waals surface area contributed by atoms with Crippen LogP contribution in [0.15, 0.2) is 45.4 Å². The fourth-order valence-electron chi connectivity index (χ4n) is 1.15. The van der Waals surface area contributed by atoms with Crippen LogP contribution in [-0.2, 0) is 0 Å². The Bertz CT molecular complexity index is 433. The molecule has 0 radical (unpaired) electrons. The number of furan rings is 1. The van der Waals surface area contributed by atoms with E-state index in [1.54, 1.807) is 24.5 Å². The second-order valence-electron chi connectivity index (χ2n) is 2.82. The Kier molecular flexibility index (Phi) is 2.75. The quantitative estimate of drug-likeness (QED) is 0.520. The molecule has 15 heavy (non-hydrogen) atoms. The molecule has 0 atom stereocenters. The standard InChI is InChI=1S/C9H9ClN4O/c10-9-5-7(12-11)8(13-14-9)4-6-2-1-3-15-6/h1-5,12-13H,11H2. The molecule has 1 aromatic heterocycles. The third kappa shape index (κ3) is 2.20. The van der Waals surface area contributed by atoms with Gasteiger partial charge in [0.15, 0.2) is 5.17 Å². The van der Waals surface area contributed by atoms with E-state index in [-0.39, 0.29) is 0 Å². The normalized spacial score (nSPS) is 18.1. The summed E-state index contributed by atoms with van der Waals surface area (Å²) >= 11 is 5.70. The Morgan fingerprint density at radius 3 is 3.13 bits per heavy atom. The monoisotopic (exact) mass is 224 g/mol. The smallest absolute Gasteiger partial charge is 0.151 e. The summed E-state index contributed by atoms with van der Waals surface area (Å²) in [5.74, 6) is 6.04. The Morgan fingerprint density at radius 1 is 1.60 bits per heavy atom. The Labute approximate surface area is 91.2 Å². The molecule has 6 heteroatoms. The van der Waals surface area contributed by atoms with E-state index in [2.05, 4.69) is 16.0 Å². The summed E-state index contributed by atoms with van der Waals surface area (Å²) in [5, 5.41) is 4.17. The average Bonchev–Trinajstić information content (AvgIpc) is 2.73. The summed E-state index contributed by atoms with van der Waals surface area (Å²) < 4.78 is 5.16. The highest BCUT2D eigenvalue weighted by Crippen LogP contribution is 2.14. The maximum absolute atomic E-state index is 5.70. The van der Waals surface area contributed by atoms with Crippen LogP contribution in [0.25, 0.3) is 6.08 Å². The molecule has 0 aliphatic carbocycles. The van der Waals surface area contributed by atoms with Gasteiger partial charge in [0.1, 0.15) is 5.76 Å². The summed E-state index contributed by atoms with van der Waals surface area (Å²) in [6, 6.07) is 3.62. The topological polar surface area (TPSA) is 75.6 Å². The van der Waals surface area contributed by atoms with Gasteiger partial charge in [0, 0.05) is 12.2 Å². The van der Waals surface area contributed by atoms with E-state index in [0.29, 0.717) is 22.3 Å².